The number of benzene rings is 1. The first-order valence-corrected chi connectivity index (χ1v) is 5.56. The molecule has 0 fully saturated rings. The predicted octanol–water partition coefficient (Wildman–Crippen LogP) is 2.43. The molecule has 0 unspecified atom stereocenters. The largest absolute Gasteiger partial charge is 0.375 e. The predicted molar refractivity (Wildman–Crippen MR) is 64.3 cm³/mol. The lowest BCUT2D eigenvalue weighted by atomic mass is 10.2. The van der Waals surface area contributed by atoms with Crippen LogP contribution in [-0.2, 0) is 4.74 Å². The number of carbonyl (C=O) groups is 1. The first-order valence-electron chi connectivity index (χ1n) is 5.56. The van der Waals surface area contributed by atoms with Gasteiger partial charge in [-0.25, -0.2) is 13.2 Å². The van der Waals surface area contributed by atoms with Gasteiger partial charge >= 0.3 is 0 Å². The van der Waals surface area contributed by atoms with Crippen molar-refractivity contribution in [1.29, 1.82) is 0 Å². The van der Waals surface area contributed by atoms with E-state index in [1.54, 1.807) is 6.92 Å². The van der Waals surface area contributed by atoms with Gasteiger partial charge in [-0.15, -0.1) is 0 Å². The van der Waals surface area contributed by atoms with Gasteiger partial charge in [0.15, 0.2) is 0 Å². The molecule has 1 aromatic carbocycles. The molecule has 0 aliphatic heterocycles. The highest BCUT2D eigenvalue weighted by Gasteiger charge is 2.18. The highest BCUT2D eigenvalue weighted by atomic mass is 19.1. The third-order valence-electron chi connectivity index (χ3n) is 2.11. The zero-order chi connectivity index (χ0) is 14.4. The number of nitrogens with one attached hydrogen (secondary N) is 1. The first kappa shape index (κ1) is 15.2. The van der Waals surface area contributed by atoms with E-state index in [0.29, 0.717) is 18.7 Å². The van der Waals surface area contributed by atoms with Gasteiger partial charge in [0.25, 0.3) is 5.91 Å². The van der Waals surface area contributed by atoms with E-state index in [0.717, 1.165) is 5.57 Å². The minimum Gasteiger partial charge on any atom is -0.375 e. The molecular formula is C13H14F3NO2. The third kappa shape index (κ3) is 4.75. The minimum absolute atomic E-state index is 0.0857. The molecule has 1 N–H and O–H groups in total. The van der Waals surface area contributed by atoms with Crippen molar-refractivity contribution in [2.75, 3.05) is 19.8 Å². The Morgan fingerprint density at radius 1 is 1.32 bits per heavy atom. The SMILES string of the molecule is C=C(C)COCCNC(=O)c1c(F)cc(F)cc1F. The smallest absolute Gasteiger partial charge is 0.257 e. The molecule has 1 aromatic rings. The van der Waals surface area contributed by atoms with Crippen LogP contribution in [0.15, 0.2) is 24.3 Å². The molecule has 1 rings (SSSR count). The van der Waals surface area contributed by atoms with Crippen LogP contribution in [0.5, 0.6) is 0 Å². The molecule has 0 heterocycles. The maximum atomic E-state index is 13.3. The Balaban J connectivity index is 2.52. The molecule has 0 aliphatic carbocycles. The van der Waals surface area contributed by atoms with E-state index in [4.69, 9.17) is 4.74 Å². The molecule has 0 spiro atoms. The Hall–Kier alpha value is -1.82. The molecule has 0 saturated carbocycles. The Bertz CT molecular complexity index is 466. The van der Waals surface area contributed by atoms with Crippen LogP contribution in [0.4, 0.5) is 13.2 Å². The summed E-state index contributed by atoms with van der Waals surface area (Å²) in [6.45, 7) is 6.01. The van der Waals surface area contributed by atoms with Gasteiger partial charge in [-0.1, -0.05) is 12.2 Å². The maximum Gasteiger partial charge on any atom is 0.257 e. The van der Waals surface area contributed by atoms with Crippen LogP contribution in [0.1, 0.15) is 17.3 Å². The summed E-state index contributed by atoms with van der Waals surface area (Å²) in [7, 11) is 0. The minimum atomic E-state index is -1.24. The van der Waals surface area contributed by atoms with Crippen LogP contribution < -0.4 is 5.32 Å². The molecule has 3 nitrogen and oxygen atoms in total. The zero-order valence-corrected chi connectivity index (χ0v) is 10.4. The number of ether oxygens (including phenoxy) is 1. The lowest BCUT2D eigenvalue weighted by molar-refractivity contribution is 0.0918. The summed E-state index contributed by atoms with van der Waals surface area (Å²) in [5.74, 6) is -4.50. The number of hydrogen-bond donors (Lipinski definition) is 1. The van der Waals surface area contributed by atoms with E-state index in [-0.39, 0.29) is 13.2 Å². The molecular weight excluding hydrogens is 259 g/mol. The van der Waals surface area contributed by atoms with Gasteiger partial charge in [0.05, 0.1) is 13.2 Å². The molecule has 0 radical (unpaired) electrons. The van der Waals surface area contributed by atoms with E-state index < -0.39 is 28.9 Å². The van der Waals surface area contributed by atoms with Crippen molar-refractivity contribution in [3.63, 3.8) is 0 Å². The van der Waals surface area contributed by atoms with Crippen LogP contribution in [0, 0.1) is 17.5 Å². The normalized spacial score (nSPS) is 10.3. The number of hydrogen-bond acceptors (Lipinski definition) is 2. The van der Waals surface area contributed by atoms with E-state index in [1.807, 2.05) is 0 Å². The van der Waals surface area contributed by atoms with Gasteiger partial charge in [-0.05, 0) is 6.92 Å². The third-order valence-corrected chi connectivity index (χ3v) is 2.11. The Kier molecular flexibility index (Phi) is 5.57. The zero-order valence-electron chi connectivity index (χ0n) is 10.4. The maximum absolute atomic E-state index is 13.3. The topological polar surface area (TPSA) is 38.3 Å². The van der Waals surface area contributed by atoms with E-state index in [2.05, 4.69) is 11.9 Å². The van der Waals surface area contributed by atoms with Gasteiger partial charge in [0, 0.05) is 18.7 Å². The van der Waals surface area contributed by atoms with Crippen LogP contribution >= 0.6 is 0 Å². The number of carbonyl (C=O) groups excluding carboxylic acids is 1. The van der Waals surface area contributed by atoms with Crippen molar-refractivity contribution >= 4 is 5.91 Å². The molecule has 1 amide bonds. The van der Waals surface area contributed by atoms with Crippen LogP contribution in [0.3, 0.4) is 0 Å². The van der Waals surface area contributed by atoms with Gasteiger partial charge in [-0.2, -0.15) is 0 Å². The van der Waals surface area contributed by atoms with Crippen molar-refractivity contribution in [3.8, 4) is 0 Å². The number of rotatable bonds is 6. The fourth-order valence-corrected chi connectivity index (χ4v) is 1.33. The van der Waals surface area contributed by atoms with E-state index in [9.17, 15) is 18.0 Å². The molecule has 19 heavy (non-hydrogen) atoms. The Labute approximate surface area is 109 Å². The monoisotopic (exact) mass is 273 g/mol. The van der Waals surface area contributed by atoms with Crippen molar-refractivity contribution < 1.29 is 22.7 Å². The standard InChI is InChI=1S/C13H14F3NO2/c1-8(2)7-19-4-3-17-13(18)12-10(15)5-9(14)6-11(12)16/h5-6H,1,3-4,7H2,2H3,(H,17,18). The molecule has 0 saturated heterocycles. The van der Waals surface area contributed by atoms with Gasteiger partial charge in [0.2, 0.25) is 0 Å². The van der Waals surface area contributed by atoms with E-state index >= 15 is 0 Å². The van der Waals surface area contributed by atoms with Gasteiger partial charge in [0.1, 0.15) is 23.0 Å². The summed E-state index contributed by atoms with van der Waals surface area (Å²) in [4.78, 5) is 11.5. The second-order valence-electron chi connectivity index (χ2n) is 4.01. The van der Waals surface area contributed by atoms with E-state index in [1.165, 1.54) is 0 Å². The lowest BCUT2D eigenvalue weighted by Gasteiger charge is -2.08. The molecule has 0 bridgehead atoms. The molecule has 104 valence electrons. The highest BCUT2D eigenvalue weighted by molar-refractivity contribution is 5.94. The molecule has 0 atom stereocenters. The van der Waals surface area contributed by atoms with Crippen LogP contribution in [-0.4, -0.2) is 25.7 Å². The average Bonchev–Trinajstić information content (AvgIpc) is 2.26. The van der Waals surface area contributed by atoms with Crippen molar-refractivity contribution in [2.45, 2.75) is 6.92 Å². The summed E-state index contributed by atoms with van der Waals surface area (Å²) < 4.78 is 44.3. The fraction of sp³-hybridized carbons (Fsp3) is 0.308. The second kappa shape index (κ2) is 6.94. The van der Waals surface area contributed by atoms with Crippen molar-refractivity contribution in [3.05, 3.63) is 47.3 Å². The average molecular weight is 273 g/mol. The summed E-state index contributed by atoms with van der Waals surface area (Å²) in [6.07, 6.45) is 0. The number of halogens is 3. The fourth-order valence-electron chi connectivity index (χ4n) is 1.33. The Morgan fingerprint density at radius 2 is 1.89 bits per heavy atom. The lowest BCUT2D eigenvalue weighted by Crippen LogP contribution is -2.29. The van der Waals surface area contributed by atoms with Gasteiger partial charge in [-0.3, -0.25) is 4.79 Å². The molecule has 0 aliphatic rings. The first-order chi connectivity index (χ1) is 8.91. The quantitative estimate of drug-likeness (QED) is 0.638. The Morgan fingerprint density at radius 3 is 2.42 bits per heavy atom. The summed E-state index contributed by atoms with van der Waals surface area (Å²) in [5, 5.41) is 2.28. The van der Waals surface area contributed by atoms with Crippen LogP contribution in [0.25, 0.3) is 0 Å². The van der Waals surface area contributed by atoms with Gasteiger partial charge < -0.3 is 10.1 Å². The summed E-state index contributed by atoms with van der Waals surface area (Å²) >= 11 is 0. The number of amides is 1. The molecule has 0 aromatic heterocycles. The molecule has 6 heteroatoms. The summed E-state index contributed by atoms with van der Waals surface area (Å²) in [6, 6.07) is 0.908. The summed E-state index contributed by atoms with van der Waals surface area (Å²) in [5.41, 5.74) is 0.0169. The van der Waals surface area contributed by atoms with Crippen molar-refractivity contribution in [1.82, 2.24) is 5.32 Å². The highest BCUT2D eigenvalue weighted by Crippen LogP contribution is 2.14. The second-order valence-corrected chi connectivity index (χ2v) is 4.01. The van der Waals surface area contributed by atoms with Crippen LogP contribution in [0.2, 0.25) is 0 Å². The van der Waals surface area contributed by atoms with Crippen molar-refractivity contribution in [2.24, 2.45) is 0 Å².